The summed E-state index contributed by atoms with van der Waals surface area (Å²) in [6, 6.07) is 9.85. The van der Waals surface area contributed by atoms with Gasteiger partial charge in [-0.15, -0.1) is 0 Å². The van der Waals surface area contributed by atoms with Crippen molar-refractivity contribution in [3.05, 3.63) is 65.2 Å². The van der Waals surface area contributed by atoms with E-state index in [1.54, 1.807) is 36.5 Å². The highest BCUT2D eigenvalue weighted by atomic mass is 19.1. The van der Waals surface area contributed by atoms with Crippen LogP contribution in [0.2, 0.25) is 0 Å². The van der Waals surface area contributed by atoms with Gasteiger partial charge in [0.25, 0.3) is 0 Å². The van der Waals surface area contributed by atoms with Gasteiger partial charge < -0.3 is 5.11 Å². The van der Waals surface area contributed by atoms with Crippen LogP contribution in [0.5, 0.6) is 0 Å². The molecule has 0 aliphatic rings. The highest BCUT2D eigenvalue weighted by Gasteiger charge is 2.15. The largest absolute Gasteiger partial charge is 0.382 e. The van der Waals surface area contributed by atoms with E-state index in [-0.39, 0.29) is 5.56 Å². The molecule has 1 unspecified atom stereocenters. The molecule has 0 aliphatic heterocycles. The fourth-order valence-corrected chi connectivity index (χ4v) is 1.57. The topological polar surface area (TPSA) is 33.1 Å². The summed E-state index contributed by atoms with van der Waals surface area (Å²) in [4.78, 5) is 4.01. The molecule has 0 spiro atoms. The van der Waals surface area contributed by atoms with E-state index in [2.05, 4.69) is 4.98 Å². The molecule has 1 aromatic heterocycles. The molecule has 16 heavy (non-hydrogen) atoms. The molecule has 0 aliphatic carbocycles. The molecule has 2 aromatic rings. The van der Waals surface area contributed by atoms with E-state index in [0.717, 1.165) is 5.56 Å². The van der Waals surface area contributed by atoms with Crippen LogP contribution in [0, 0.1) is 12.7 Å². The number of aliphatic hydroxyl groups is 1. The molecule has 1 heterocycles. The first-order chi connectivity index (χ1) is 7.68. The van der Waals surface area contributed by atoms with Gasteiger partial charge in [-0.25, -0.2) is 4.39 Å². The third-order valence-electron chi connectivity index (χ3n) is 2.41. The number of halogens is 1. The van der Waals surface area contributed by atoms with Crippen LogP contribution in [0.3, 0.4) is 0 Å². The van der Waals surface area contributed by atoms with Crippen molar-refractivity contribution in [3.8, 4) is 0 Å². The Balaban J connectivity index is 2.41. The Morgan fingerprint density at radius 3 is 2.75 bits per heavy atom. The Kier molecular flexibility index (Phi) is 2.97. The molecule has 0 amide bonds. The van der Waals surface area contributed by atoms with Gasteiger partial charge >= 0.3 is 0 Å². The van der Waals surface area contributed by atoms with Crippen molar-refractivity contribution in [2.75, 3.05) is 0 Å². The number of rotatable bonds is 2. The van der Waals surface area contributed by atoms with Crippen LogP contribution < -0.4 is 0 Å². The Bertz CT molecular complexity index is 485. The Labute approximate surface area is 93.4 Å². The normalized spacial score (nSPS) is 12.4. The van der Waals surface area contributed by atoms with Crippen LogP contribution in [0.25, 0.3) is 0 Å². The van der Waals surface area contributed by atoms with E-state index in [0.29, 0.717) is 5.69 Å². The first-order valence-electron chi connectivity index (χ1n) is 5.03. The minimum atomic E-state index is -1.01. The van der Waals surface area contributed by atoms with E-state index in [9.17, 15) is 9.50 Å². The first kappa shape index (κ1) is 10.8. The molecular weight excluding hydrogens is 205 g/mol. The first-order valence-corrected chi connectivity index (χ1v) is 5.03. The maximum atomic E-state index is 13.5. The summed E-state index contributed by atoms with van der Waals surface area (Å²) in [6.07, 6.45) is 0.563. The summed E-state index contributed by atoms with van der Waals surface area (Å²) in [5, 5.41) is 9.99. The molecule has 82 valence electrons. The molecule has 2 nitrogen and oxygen atoms in total. The van der Waals surface area contributed by atoms with Crippen LogP contribution in [-0.4, -0.2) is 10.1 Å². The maximum Gasteiger partial charge on any atom is 0.129 e. The van der Waals surface area contributed by atoms with Gasteiger partial charge in [0, 0.05) is 11.8 Å². The minimum Gasteiger partial charge on any atom is -0.382 e. The summed E-state index contributed by atoms with van der Waals surface area (Å²) >= 11 is 0. The molecule has 0 bridgehead atoms. The molecule has 0 saturated heterocycles. The van der Waals surface area contributed by atoms with Crippen LogP contribution in [0.4, 0.5) is 4.39 Å². The average Bonchev–Trinajstić information content (AvgIpc) is 2.32. The van der Waals surface area contributed by atoms with Crippen LogP contribution in [0.15, 0.2) is 42.6 Å². The fourth-order valence-electron chi connectivity index (χ4n) is 1.57. The Morgan fingerprint density at radius 1 is 1.25 bits per heavy atom. The average molecular weight is 217 g/mol. The van der Waals surface area contributed by atoms with Crippen LogP contribution >= 0.6 is 0 Å². The number of benzene rings is 1. The van der Waals surface area contributed by atoms with Gasteiger partial charge in [0.05, 0.1) is 5.69 Å². The van der Waals surface area contributed by atoms with Gasteiger partial charge in [-0.3, -0.25) is 4.98 Å². The number of hydrogen-bond donors (Lipinski definition) is 1. The van der Waals surface area contributed by atoms with Crippen LogP contribution in [-0.2, 0) is 0 Å². The monoisotopic (exact) mass is 217 g/mol. The van der Waals surface area contributed by atoms with E-state index in [4.69, 9.17) is 0 Å². The van der Waals surface area contributed by atoms with E-state index in [1.165, 1.54) is 6.07 Å². The maximum absolute atomic E-state index is 13.5. The van der Waals surface area contributed by atoms with Crippen molar-refractivity contribution in [2.45, 2.75) is 13.0 Å². The standard InChI is InChI=1S/C13H12FNO/c1-9-5-6-11(14)10(8-9)13(16)12-4-2-3-7-15-12/h2-8,13,16H,1H3. The zero-order chi connectivity index (χ0) is 11.5. The summed E-state index contributed by atoms with van der Waals surface area (Å²) in [7, 11) is 0. The van der Waals surface area contributed by atoms with E-state index in [1.807, 2.05) is 6.92 Å². The predicted octanol–water partition coefficient (Wildman–Crippen LogP) is 2.61. The number of aromatic nitrogens is 1. The lowest BCUT2D eigenvalue weighted by atomic mass is 10.0. The summed E-state index contributed by atoms with van der Waals surface area (Å²) in [6.45, 7) is 1.86. The number of nitrogens with zero attached hydrogens (tertiary/aromatic N) is 1. The summed E-state index contributed by atoms with van der Waals surface area (Å²) in [5.74, 6) is -0.413. The molecule has 1 atom stereocenters. The van der Waals surface area contributed by atoms with Crippen LogP contribution in [0.1, 0.15) is 22.9 Å². The Hall–Kier alpha value is -1.74. The number of aryl methyl sites for hydroxylation is 1. The second kappa shape index (κ2) is 4.41. The minimum absolute atomic E-state index is 0.263. The second-order valence-corrected chi connectivity index (χ2v) is 3.68. The number of pyridine rings is 1. The third kappa shape index (κ3) is 2.09. The quantitative estimate of drug-likeness (QED) is 0.838. The molecule has 0 radical (unpaired) electrons. The molecule has 1 N–H and O–H groups in total. The van der Waals surface area contributed by atoms with Crippen molar-refractivity contribution >= 4 is 0 Å². The molecule has 0 fully saturated rings. The summed E-state index contributed by atoms with van der Waals surface area (Å²) < 4.78 is 13.5. The van der Waals surface area contributed by atoms with Crippen molar-refractivity contribution in [2.24, 2.45) is 0 Å². The third-order valence-corrected chi connectivity index (χ3v) is 2.41. The number of hydrogen-bond acceptors (Lipinski definition) is 2. The van der Waals surface area contributed by atoms with Gasteiger partial charge in [0.15, 0.2) is 0 Å². The zero-order valence-corrected chi connectivity index (χ0v) is 8.89. The SMILES string of the molecule is Cc1ccc(F)c(C(O)c2ccccn2)c1. The lowest BCUT2D eigenvalue weighted by Gasteiger charge is -2.11. The van der Waals surface area contributed by atoms with Gasteiger partial charge in [0.1, 0.15) is 11.9 Å². The molecule has 3 heteroatoms. The van der Waals surface area contributed by atoms with E-state index >= 15 is 0 Å². The van der Waals surface area contributed by atoms with E-state index < -0.39 is 11.9 Å². The van der Waals surface area contributed by atoms with Gasteiger partial charge in [-0.1, -0.05) is 23.8 Å². The van der Waals surface area contributed by atoms with Gasteiger partial charge in [-0.2, -0.15) is 0 Å². The molecular formula is C13H12FNO. The lowest BCUT2D eigenvalue weighted by molar-refractivity contribution is 0.210. The summed E-state index contributed by atoms with van der Waals surface area (Å²) in [5.41, 5.74) is 1.62. The second-order valence-electron chi connectivity index (χ2n) is 3.68. The van der Waals surface area contributed by atoms with Crippen molar-refractivity contribution in [3.63, 3.8) is 0 Å². The van der Waals surface area contributed by atoms with Crippen molar-refractivity contribution in [1.82, 2.24) is 4.98 Å². The highest BCUT2D eigenvalue weighted by Crippen LogP contribution is 2.23. The van der Waals surface area contributed by atoms with Gasteiger partial charge in [-0.05, 0) is 25.1 Å². The van der Waals surface area contributed by atoms with Gasteiger partial charge in [0.2, 0.25) is 0 Å². The number of aliphatic hydroxyl groups excluding tert-OH is 1. The fraction of sp³-hybridized carbons (Fsp3) is 0.154. The molecule has 0 saturated carbocycles. The van der Waals surface area contributed by atoms with Crippen molar-refractivity contribution < 1.29 is 9.50 Å². The molecule has 1 aromatic carbocycles. The highest BCUT2D eigenvalue weighted by molar-refractivity contribution is 5.30. The lowest BCUT2D eigenvalue weighted by Crippen LogP contribution is -2.04. The predicted molar refractivity (Wildman–Crippen MR) is 59.4 cm³/mol. The molecule has 2 rings (SSSR count). The van der Waals surface area contributed by atoms with Crippen molar-refractivity contribution in [1.29, 1.82) is 0 Å². The Morgan fingerprint density at radius 2 is 2.06 bits per heavy atom. The zero-order valence-electron chi connectivity index (χ0n) is 8.89. The smallest absolute Gasteiger partial charge is 0.129 e.